The van der Waals surface area contributed by atoms with Gasteiger partial charge in [0.2, 0.25) is 0 Å². The van der Waals surface area contributed by atoms with Gasteiger partial charge in [0.15, 0.2) is 0 Å². The zero-order chi connectivity index (χ0) is 12.4. The summed E-state index contributed by atoms with van der Waals surface area (Å²) in [4.78, 5) is 0. The molecule has 0 aliphatic carbocycles. The van der Waals surface area contributed by atoms with Crippen LogP contribution in [0.15, 0.2) is 42.5 Å². The minimum Gasteiger partial charge on any atom is -0.508 e. The highest BCUT2D eigenvalue weighted by Gasteiger charge is 2.12. The molecular weight excluding hydrogens is 222 g/mol. The molecule has 0 amide bonds. The lowest BCUT2D eigenvalue weighted by molar-refractivity contribution is 0.469. The maximum Gasteiger partial charge on any atom is 0.121 e. The number of hydrogen-bond donors (Lipinski definition) is 2. The van der Waals surface area contributed by atoms with Crippen molar-refractivity contribution >= 4 is 5.69 Å². The number of anilines is 1. The van der Waals surface area contributed by atoms with Gasteiger partial charge in [-0.15, -0.1) is 0 Å². The van der Waals surface area contributed by atoms with Crippen LogP contribution < -0.4 is 5.32 Å². The monoisotopic (exact) mass is 239 g/mol. The number of phenolic OH excluding ortho intramolecular Hbond substituents is 1. The van der Waals surface area contributed by atoms with Crippen LogP contribution in [0.4, 0.5) is 5.69 Å². The summed E-state index contributed by atoms with van der Waals surface area (Å²) in [7, 11) is 0. The molecule has 2 aromatic carbocycles. The Bertz CT molecular complexity index is 549. The molecular formula is C16H17NO. The summed E-state index contributed by atoms with van der Waals surface area (Å²) in [6, 6.07) is 14.3. The Kier molecular flexibility index (Phi) is 2.93. The molecule has 3 rings (SSSR count). The second-order valence-corrected chi connectivity index (χ2v) is 4.83. The molecule has 1 heterocycles. The largest absolute Gasteiger partial charge is 0.508 e. The second-order valence-electron chi connectivity index (χ2n) is 4.83. The molecule has 2 nitrogen and oxygen atoms in total. The first-order valence-corrected chi connectivity index (χ1v) is 6.45. The van der Waals surface area contributed by atoms with E-state index in [0.717, 1.165) is 30.6 Å². The average Bonchev–Trinajstić information content (AvgIpc) is 2.41. The van der Waals surface area contributed by atoms with Crippen LogP contribution in [0.2, 0.25) is 0 Å². The molecule has 1 aliphatic rings. The molecule has 2 heteroatoms. The van der Waals surface area contributed by atoms with Crippen molar-refractivity contribution in [3.63, 3.8) is 0 Å². The van der Waals surface area contributed by atoms with Crippen LogP contribution in [0.25, 0.3) is 0 Å². The van der Waals surface area contributed by atoms with E-state index in [2.05, 4.69) is 23.5 Å². The van der Waals surface area contributed by atoms with Crippen molar-refractivity contribution in [2.75, 3.05) is 11.9 Å². The Morgan fingerprint density at radius 2 is 1.94 bits per heavy atom. The van der Waals surface area contributed by atoms with Crippen molar-refractivity contribution in [3.05, 3.63) is 59.2 Å². The molecule has 0 saturated carbocycles. The summed E-state index contributed by atoms with van der Waals surface area (Å²) in [5.74, 6) is 0.395. The fraction of sp³-hybridized carbons (Fsp3) is 0.250. The van der Waals surface area contributed by atoms with Gasteiger partial charge in [-0.05, 0) is 35.6 Å². The van der Waals surface area contributed by atoms with E-state index < -0.39 is 0 Å². The van der Waals surface area contributed by atoms with E-state index in [1.165, 1.54) is 17.5 Å². The third-order valence-corrected chi connectivity index (χ3v) is 3.48. The number of nitrogens with one attached hydrogen (secondary N) is 1. The first kappa shape index (κ1) is 11.1. The molecule has 0 spiro atoms. The highest BCUT2D eigenvalue weighted by Crippen LogP contribution is 2.31. The van der Waals surface area contributed by atoms with E-state index in [1.54, 1.807) is 0 Å². The summed E-state index contributed by atoms with van der Waals surface area (Å²) in [5.41, 5.74) is 4.67. The van der Waals surface area contributed by atoms with Crippen molar-refractivity contribution in [2.45, 2.75) is 19.3 Å². The van der Waals surface area contributed by atoms with Gasteiger partial charge in [-0.25, -0.2) is 0 Å². The van der Waals surface area contributed by atoms with Gasteiger partial charge < -0.3 is 10.4 Å². The van der Waals surface area contributed by atoms with E-state index in [9.17, 15) is 5.11 Å². The van der Waals surface area contributed by atoms with Crippen molar-refractivity contribution < 1.29 is 5.11 Å². The Hall–Kier alpha value is -1.96. The van der Waals surface area contributed by atoms with Gasteiger partial charge in [-0.3, -0.25) is 0 Å². The fourth-order valence-electron chi connectivity index (χ4n) is 2.51. The third kappa shape index (κ3) is 2.19. The van der Waals surface area contributed by atoms with Crippen molar-refractivity contribution in [2.24, 2.45) is 0 Å². The zero-order valence-electron chi connectivity index (χ0n) is 10.3. The Morgan fingerprint density at radius 1 is 1.11 bits per heavy atom. The van der Waals surface area contributed by atoms with Crippen molar-refractivity contribution in [1.29, 1.82) is 0 Å². The van der Waals surface area contributed by atoms with Crippen LogP contribution in [0.1, 0.15) is 23.1 Å². The lowest BCUT2D eigenvalue weighted by atomic mass is 9.96. The number of hydrogen-bond acceptors (Lipinski definition) is 2. The molecule has 0 atom stereocenters. The smallest absolute Gasteiger partial charge is 0.121 e. The minimum atomic E-state index is 0.395. The van der Waals surface area contributed by atoms with Crippen LogP contribution >= 0.6 is 0 Å². The predicted molar refractivity (Wildman–Crippen MR) is 74.2 cm³/mol. The molecule has 0 unspecified atom stereocenters. The molecule has 0 bridgehead atoms. The fourth-order valence-corrected chi connectivity index (χ4v) is 2.51. The van der Waals surface area contributed by atoms with E-state index >= 15 is 0 Å². The molecule has 2 N–H and O–H groups in total. The van der Waals surface area contributed by atoms with Gasteiger partial charge in [0, 0.05) is 24.7 Å². The summed E-state index contributed by atoms with van der Waals surface area (Å²) in [6.45, 7) is 1.00. The predicted octanol–water partition coefficient (Wildman–Crippen LogP) is 3.34. The molecule has 92 valence electrons. The quantitative estimate of drug-likeness (QED) is 0.842. The summed E-state index contributed by atoms with van der Waals surface area (Å²) in [6.07, 6.45) is 3.06. The second kappa shape index (κ2) is 4.73. The minimum absolute atomic E-state index is 0.395. The standard InChI is InChI=1S/C16H17NO/c18-16-11-15-13(7-4-8-17-15)10-14(16)9-12-5-2-1-3-6-12/h1-3,5-6,10-11,17-18H,4,7-9H2. The van der Waals surface area contributed by atoms with Crippen molar-refractivity contribution in [1.82, 2.24) is 0 Å². The molecule has 18 heavy (non-hydrogen) atoms. The number of aromatic hydroxyl groups is 1. The van der Waals surface area contributed by atoms with Crippen LogP contribution in [0.3, 0.4) is 0 Å². The molecule has 0 saturated heterocycles. The number of fused-ring (bicyclic) bond motifs is 1. The van der Waals surface area contributed by atoms with Crippen LogP contribution in [-0.2, 0) is 12.8 Å². The summed E-state index contributed by atoms with van der Waals surface area (Å²) >= 11 is 0. The Balaban J connectivity index is 1.92. The highest BCUT2D eigenvalue weighted by atomic mass is 16.3. The van der Waals surface area contributed by atoms with E-state index in [1.807, 2.05) is 24.3 Å². The number of aryl methyl sites for hydroxylation is 1. The van der Waals surface area contributed by atoms with E-state index in [-0.39, 0.29) is 0 Å². The van der Waals surface area contributed by atoms with Gasteiger partial charge in [0.1, 0.15) is 5.75 Å². The topological polar surface area (TPSA) is 32.3 Å². The third-order valence-electron chi connectivity index (χ3n) is 3.48. The van der Waals surface area contributed by atoms with Gasteiger partial charge in [-0.1, -0.05) is 30.3 Å². The van der Waals surface area contributed by atoms with Gasteiger partial charge in [0.25, 0.3) is 0 Å². The SMILES string of the molecule is Oc1cc2c(cc1Cc1ccccc1)CCCN2. The van der Waals surface area contributed by atoms with Gasteiger partial charge in [-0.2, -0.15) is 0 Å². The first-order chi connectivity index (χ1) is 8.83. The summed E-state index contributed by atoms with van der Waals surface area (Å²) < 4.78 is 0. The van der Waals surface area contributed by atoms with Gasteiger partial charge >= 0.3 is 0 Å². The van der Waals surface area contributed by atoms with Gasteiger partial charge in [0.05, 0.1) is 0 Å². The maximum atomic E-state index is 10.1. The Morgan fingerprint density at radius 3 is 2.78 bits per heavy atom. The molecule has 0 radical (unpaired) electrons. The molecule has 2 aromatic rings. The van der Waals surface area contributed by atoms with Crippen LogP contribution in [0, 0.1) is 0 Å². The lowest BCUT2D eigenvalue weighted by Gasteiger charge is -2.19. The number of phenols is 1. The average molecular weight is 239 g/mol. The van der Waals surface area contributed by atoms with E-state index in [0.29, 0.717) is 5.75 Å². The molecule has 0 fully saturated rings. The lowest BCUT2D eigenvalue weighted by Crippen LogP contribution is -2.12. The molecule has 1 aliphatic heterocycles. The molecule has 0 aromatic heterocycles. The van der Waals surface area contributed by atoms with Crippen LogP contribution in [-0.4, -0.2) is 11.7 Å². The zero-order valence-corrected chi connectivity index (χ0v) is 10.3. The Labute approximate surface area is 107 Å². The first-order valence-electron chi connectivity index (χ1n) is 6.45. The number of benzene rings is 2. The van der Waals surface area contributed by atoms with Crippen molar-refractivity contribution in [3.8, 4) is 5.75 Å². The highest BCUT2D eigenvalue weighted by molar-refractivity contribution is 5.59. The number of rotatable bonds is 2. The van der Waals surface area contributed by atoms with E-state index in [4.69, 9.17) is 0 Å². The summed E-state index contributed by atoms with van der Waals surface area (Å²) in [5, 5.41) is 13.4. The maximum absolute atomic E-state index is 10.1. The normalized spacial score (nSPS) is 13.8. The van der Waals surface area contributed by atoms with Crippen LogP contribution in [0.5, 0.6) is 5.75 Å².